The van der Waals surface area contributed by atoms with Crippen molar-refractivity contribution < 1.29 is 9.90 Å². The summed E-state index contributed by atoms with van der Waals surface area (Å²) >= 11 is 9.74. The van der Waals surface area contributed by atoms with E-state index >= 15 is 0 Å². The summed E-state index contributed by atoms with van der Waals surface area (Å²) in [4.78, 5) is 13.4. The Labute approximate surface area is 133 Å². The third kappa shape index (κ3) is 3.74. The molecule has 3 nitrogen and oxygen atoms in total. The molecule has 0 amide bonds. The number of nitrogens with zero attached hydrogens (tertiary/aromatic N) is 1. The van der Waals surface area contributed by atoms with Gasteiger partial charge in [0.05, 0.1) is 5.92 Å². The molecule has 0 bridgehead atoms. The molecule has 2 rings (SSSR count). The Morgan fingerprint density at radius 1 is 1.50 bits per heavy atom. The number of aliphatic carboxylic acids is 1. The van der Waals surface area contributed by atoms with Gasteiger partial charge in [-0.25, -0.2) is 0 Å². The van der Waals surface area contributed by atoms with E-state index in [1.807, 2.05) is 19.1 Å². The van der Waals surface area contributed by atoms with Crippen LogP contribution in [0.2, 0.25) is 5.02 Å². The van der Waals surface area contributed by atoms with Gasteiger partial charge in [-0.2, -0.15) is 0 Å². The van der Waals surface area contributed by atoms with E-state index in [1.54, 1.807) is 0 Å². The first-order valence-electron chi connectivity index (χ1n) is 6.76. The van der Waals surface area contributed by atoms with Crippen LogP contribution in [-0.2, 0) is 11.3 Å². The monoisotopic (exact) mass is 359 g/mol. The number of carboxylic acids is 1. The number of halogens is 2. The molecule has 110 valence electrons. The number of carbonyl (C=O) groups is 1. The van der Waals surface area contributed by atoms with Gasteiger partial charge >= 0.3 is 5.97 Å². The van der Waals surface area contributed by atoms with Crippen molar-refractivity contribution in [1.29, 1.82) is 0 Å². The predicted molar refractivity (Wildman–Crippen MR) is 84.1 cm³/mol. The molecule has 2 unspecified atom stereocenters. The summed E-state index contributed by atoms with van der Waals surface area (Å²) in [5.41, 5.74) is 2.15. The first-order valence-corrected chi connectivity index (χ1v) is 7.93. The van der Waals surface area contributed by atoms with Crippen LogP contribution in [0.5, 0.6) is 0 Å². The molecule has 1 aliphatic rings. The maximum atomic E-state index is 11.2. The summed E-state index contributed by atoms with van der Waals surface area (Å²) in [6.07, 6.45) is 0.766. The largest absolute Gasteiger partial charge is 0.481 e. The maximum Gasteiger partial charge on any atom is 0.307 e. The minimum absolute atomic E-state index is 0.265. The first kappa shape index (κ1) is 15.8. The molecule has 0 saturated carbocycles. The van der Waals surface area contributed by atoms with E-state index in [9.17, 15) is 9.90 Å². The van der Waals surface area contributed by atoms with E-state index in [2.05, 4.69) is 27.8 Å². The fourth-order valence-electron chi connectivity index (χ4n) is 2.82. The van der Waals surface area contributed by atoms with Gasteiger partial charge in [-0.3, -0.25) is 9.69 Å². The van der Waals surface area contributed by atoms with Crippen molar-refractivity contribution in [2.75, 3.05) is 13.1 Å². The van der Waals surface area contributed by atoms with Crippen LogP contribution in [0.4, 0.5) is 0 Å². The Hall–Kier alpha value is -0.580. The highest BCUT2D eigenvalue weighted by molar-refractivity contribution is 9.10. The summed E-state index contributed by atoms with van der Waals surface area (Å²) in [6, 6.07) is 3.98. The third-order valence-electron chi connectivity index (χ3n) is 3.81. The average Bonchev–Trinajstić information content (AvgIpc) is 2.35. The SMILES string of the molecule is Cc1cc(Br)c(CN2CC(C)CC(C(=O)O)C2)cc1Cl. The molecule has 1 fully saturated rings. The van der Waals surface area contributed by atoms with E-state index < -0.39 is 5.97 Å². The normalized spacial score (nSPS) is 23.8. The van der Waals surface area contributed by atoms with Crippen molar-refractivity contribution in [2.45, 2.75) is 26.8 Å². The number of likely N-dealkylation sites (tertiary alicyclic amines) is 1. The zero-order valence-electron chi connectivity index (χ0n) is 11.7. The Morgan fingerprint density at radius 2 is 2.20 bits per heavy atom. The molecule has 0 aliphatic carbocycles. The van der Waals surface area contributed by atoms with Crippen molar-refractivity contribution in [3.05, 3.63) is 32.8 Å². The van der Waals surface area contributed by atoms with Gasteiger partial charge in [0.15, 0.2) is 0 Å². The number of rotatable bonds is 3. The average molecular weight is 361 g/mol. The molecule has 1 aliphatic heterocycles. The molecule has 5 heteroatoms. The van der Waals surface area contributed by atoms with E-state index in [0.717, 1.165) is 40.1 Å². The van der Waals surface area contributed by atoms with Gasteiger partial charge in [-0.15, -0.1) is 0 Å². The molecule has 1 aromatic carbocycles. The lowest BCUT2D eigenvalue weighted by Gasteiger charge is -2.34. The molecular formula is C15H19BrClNO2. The number of benzene rings is 1. The van der Waals surface area contributed by atoms with Crippen LogP contribution in [0, 0.1) is 18.8 Å². The lowest BCUT2D eigenvalue weighted by molar-refractivity contribution is -0.144. The van der Waals surface area contributed by atoms with Crippen LogP contribution in [0.25, 0.3) is 0 Å². The van der Waals surface area contributed by atoms with E-state index in [0.29, 0.717) is 12.5 Å². The van der Waals surface area contributed by atoms with Gasteiger partial charge in [0.25, 0.3) is 0 Å². The number of aryl methyl sites for hydroxylation is 1. The fourth-order valence-corrected chi connectivity index (χ4v) is 3.59. The van der Waals surface area contributed by atoms with Crippen LogP contribution < -0.4 is 0 Å². The standard InChI is InChI=1S/C15H19BrClNO2/c1-9-3-12(15(19)20)8-18(6-9)7-11-5-14(17)10(2)4-13(11)16/h4-5,9,12H,3,6-8H2,1-2H3,(H,19,20). The second kappa shape index (κ2) is 6.46. The number of hydrogen-bond donors (Lipinski definition) is 1. The summed E-state index contributed by atoms with van der Waals surface area (Å²) in [7, 11) is 0. The fraction of sp³-hybridized carbons (Fsp3) is 0.533. The zero-order valence-corrected chi connectivity index (χ0v) is 14.0. The summed E-state index contributed by atoms with van der Waals surface area (Å²) in [5, 5.41) is 9.97. The lowest BCUT2D eigenvalue weighted by atomic mass is 9.90. The minimum Gasteiger partial charge on any atom is -0.481 e. The van der Waals surface area contributed by atoms with Gasteiger partial charge in [0, 0.05) is 29.1 Å². The number of piperidine rings is 1. The first-order chi connectivity index (χ1) is 9.36. The van der Waals surface area contributed by atoms with Gasteiger partial charge in [-0.1, -0.05) is 34.5 Å². The van der Waals surface area contributed by atoms with E-state index in [1.165, 1.54) is 0 Å². The smallest absolute Gasteiger partial charge is 0.307 e. The predicted octanol–water partition coefficient (Wildman–Crippen LogP) is 3.95. The van der Waals surface area contributed by atoms with Gasteiger partial charge in [-0.05, 0) is 42.5 Å². The maximum absolute atomic E-state index is 11.2. The Morgan fingerprint density at radius 3 is 2.85 bits per heavy atom. The molecule has 20 heavy (non-hydrogen) atoms. The molecule has 0 aromatic heterocycles. The second-order valence-corrected chi connectivity index (χ2v) is 7.02. The van der Waals surface area contributed by atoms with Crippen LogP contribution in [0.1, 0.15) is 24.5 Å². The van der Waals surface area contributed by atoms with Crippen molar-refractivity contribution in [3.63, 3.8) is 0 Å². The van der Waals surface area contributed by atoms with Crippen molar-refractivity contribution in [1.82, 2.24) is 4.90 Å². The Bertz CT molecular complexity index is 521. The van der Waals surface area contributed by atoms with Crippen molar-refractivity contribution in [2.24, 2.45) is 11.8 Å². The summed E-state index contributed by atoms with van der Waals surface area (Å²) in [6.45, 7) is 6.35. The lowest BCUT2D eigenvalue weighted by Crippen LogP contribution is -2.42. The Balaban J connectivity index is 2.13. The van der Waals surface area contributed by atoms with Crippen LogP contribution in [0.15, 0.2) is 16.6 Å². The number of hydrogen-bond acceptors (Lipinski definition) is 2. The highest BCUT2D eigenvalue weighted by atomic mass is 79.9. The molecule has 0 radical (unpaired) electrons. The zero-order chi connectivity index (χ0) is 14.9. The van der Waals surface area contributed by atoms with Crippen LogP contribution in [-0.4, -0.2) is 29.1 Å². The summed E-state index contributed by atoms with van der Waals surface area (Å²) < 4.78 is 1.03. The van der Waals surface area contributed by atoms with Gasteiger partial charge < -0.3 is 5.11 Å². The molecule has 1 aromatic rings. The molecule has 2 atom stereocenters. The van der Waals surface area contributed by atoms with E-state index in [-0.39, 0.29) is 5.92 Å². The molecule has 1 heterocycles. The molecule has 1 N–H and O–H groups in total. The minimum atomic E-state index is -0.692. The Kier molecular flexibility index (Phi) is 5.10. The highest BCUT2D eigenvalue weighted by Gasteiger charge is 2.29. The summed E-state index contributed by atoms with van der Waals surface area (Å²) in [5.74, 6) is -0.550. The second-order valence-electron chi connectivity index (χ2n) is 5.76. The highest BCUT2D eigenvalue weighted by Crippen LogP contribution is 2.29. The van der Waals surface area contributed by atoms with Gasteiger partial charge in [0.2, 0.25) is 0 Å². The quantitative estimate of drug-likeness (QED) is 0.887. The van der Waals surface area contributed by atoms with Crippen molar-refractivity contribution >= 4 is 33.5 Å². The molecule has 0 spiro atoms. The van der Waals surface area contributed by atoms with Gasteiger partial charge in [0.1, 0.15) is 0 Å². The van der Waals surface area contributed by atoms with Crippen LogP contribution in [0.3, 0.4) is 0 Å². The molecule has 1 saturated heterocycles. The van der Waals surface area contributed by atoms with Crippen LogP contribution >= 0.6 is 27.5 Å². The topological polar surface area (TPSA) is 40.5 Å². The third-order valence-corrected chi connectivity index (χ3v) is 4.95. The number of carboxylic acid groups (broad SMARTS) is 1. The van der Waals surface area contributed by atoms with E-state index in [4.69, 9.17) is 11.6 Å². The molecular weight excluding hydrogens is 342 g/mol. The van der Waals surface area contributed by atoms with Crippen molar-refractivity contribution in [3.8, 4) is 0 Å².